The number of nitrogens with zero attached hydrogens (tertiary/aromatic N) is 2. The van der Waals surface area contributed by atoms with Gasteiger partial charge in [0, 0.05) is 47.0 Å². The predicted octanol–water partition coefficient (Wildman–Crippen LogP) is 3.21. The molecular formula is C18H20N4O2S2. The second-order valence-electron chi connectivity index (χ2n) is 6.32. The van der Waals surface area contributed by atoms with Crippen molar-refractivity contribution in [2.75, 3.05) is 29.5 Å². The van der Waals surface area contributed by atoms with E-state index in [9.17, 15) is 9.59 Å². The van der Waals surface area contributed by atoms with Gasteiger partial charge in [0.05, 0.1) is 11.4 Å². The van der Waals surface area contributed by atoms with E-state index in [0.717, 1.165) is 42.4 Å². The highest BCUT2D eigenvalue weighted by Gasteiger charge is 2.21. The van der Waals surface area contributed by atoms with Crippen LogP contribution in [0.5, 0.6) is 0 Å². The van der Waals surface area contributed by atoms with Crippen LogP contribution in [0.25, 0.3) is 0 Å². The van der Waals surface area contributed by atoms with Gasteiger partial charge in [-0.05, 0) is 24.7 Å². The first-order valence-electron chi connectivity index (χ1n) is 8.71. The first-order valence-corrected chi connectivity index (χ1v) is 10.5. The van der Waals surface area contributed by atoms with Crippen molar-refractivity contribution in [3.05, 3.63) is 34.3 Å². The number of hydrogen-bond donors (Lipinski definition) is 2. The van der Waals surface area contributed by atoms with E-state index in [1.807, 2.05) is 6.07 Å². The molecule has 0 unspecified atom stereocenters. The van der Waals surface area contributed by atoms with Crippen LogP contribution >= 0.6 is 23.1 Å². The highest BCUT2D eigenvalue weighted by molar-refractivity contribution is 7.99. The van der Waals surface area contributed by atoms with Gasteiger partial charge in [0.15, 0.2) is 5.13 Å². The van der Waals surface area contributed by atoms with Gasteiger partial charge in [-0.25, -0.2) is 4.98 Å². The summed E-state index contributed by atoms with van der Waals surface area (Å²) in [6.45, 7) is 5.10. The lowest BCUT2D eigenvalue weighted by Crippen LogP contribution is -2.29. The Morgan fingerprint density at radius 3 is 3.12 bits per heavy atom. The number of hydrogen-bond acceptors (Lipinski definition) is 6. The molecule has 2 N–H and O–H groups in total. The van der Waals surface area contributed by atoms with Crippen molar-refractivity contribution in [1.82, 2.24) is 9.88 Å². The lowest BCUT2D eigenvalue weighted by Gasteiger charge is -2.23. The van der Waals surface area contributed by atoms with Gasteiger partial charge in [-0.15, -0.1) is 23.1 Å². The lowest BCUT2D eigenvalue weighted by molar-refractivity contribution is -0.115. The van der Waals surface area contributed by atoms with Crippen LogP contribution in [0.2, 0.25) is 0 Å². The third-order valence-corrected chi connectivity index (χ3v) is 6.65. The van der Waals surface area contributed by atoms with Gasteiger partial charge in [0.1, 0.15) is 0 Å². The molecule has 0 fully saturated rings. The molecule has 136 valence electrons. The Balaban J connectivity index is 1.51. The second kappa shape index (κ2) is 7.38. The maximum Gasteiger partial charge on any atom is 0.257 e. The number of thioether (sulfide) groups is 1. The Hall–Kier alpha value is -1.90. The molecule has 3 heterocycles. The minimum absolute atomic E-state index is 0.0121. The van der Waals surface area contributed by atoms with Gasteiger partial charge >= 0.3 is 0 Å². The van der Waals surface area contributed by atoms with Crippen molar-refractivity contribution in [3.63, 3.8) is 0 Å². The first-order chi connectivity index (χ1) is 12.6. The van der Waals surface area contributed by atoms with E-state index >= 15 is 0 Å². The molecule has 0 aliphatic carbocycles. The summed E-state index contributed by atoms with van der Waals surface area (Å²) in [6, 6.07) is 5.44. The fraction of sp³-hybridized carbons (Fsp3) is 0.389. The summed E-state index contributed by atoms with van der Waals surface area (Å²) in [4.78, 5) is 33.6. The maximum absolute atomic E-state index is 12.6. The van der Waals surface area contributed by atoms with E-state index in [1.165, 1.54) is 4.88 Å². The molecule has 6 nitrogen and oxygen atoms in total. The Morgan fingerprint density at radius 1 is 1.38 bits per heavy atom. The number of fused-ring (bicyclic) bond motifs is 2. The fourth-order valence-electron chi connectivity index (χ4n) is 3.10. The lowest BCUT2D eigenvalue weighted by atomic mass is 10.2. The molecule has 0 bridgehead atoms. The largest absolute Gasteiger partial charge is 0.325 e. The summed E-state index contributed by atoms with van der Waals surface area (Å²) in [6.07, 6.45) is 1.41. The summed E-state index contributed by atoms with van der Waals surface area (Å²) < 4.78 is 0. The normalized spacial score (nSPS) is 17.0. The highest BCUT2D eigenvalue weighted by Crippen LogP contribution is 2.32. The molecule has 4 rings (SSSR count). The molecule has 0 atom stereocenters. The number of benzene rings is 1. The van der Waals surface area contributed by atoms with Crippen LogP contribution in [0.3, 0.4) is 0 Å². The Morgan fingerprint density at radius 2 is 2.27 bits per heavy atom. The number of rotatable bonds is 3. The minimum atomic E-state index is -0.199. The van der Waals surface area contributed by atoms with Crippen LogP contribution < -0.4 is 10.6 Å². The number of carbonyl (C=O) groups is 2. The molecule has 2 amide bonds. The quantitative estimate of drug-likeness (QED) is 0.845. The van der Waals surface area contributed by atoms with Crippen molar-refractivity contribution >= 4 is 45.7 Å². The van der Waals surface area contributed by atoms with E-state index in [2.05, 4.69) is 27.4 Å². The van der Waals surface area contributed by atoms with Gasteiger partial charge < -0.3 is 5.32 Å². The zero-order valence-corrected chi connectivity index (χ0v) is 16.1. The number of likely N-dealkylation sites (N-methyl/N-ethyl adjacent to an activating group) is 1. The number of amides is 2. The fourth-order valence-corrected chi connectivity index (χ4v) is 5.08. The van der Waals surface area contributed by atoms with E-state index in [1.54, 1.807) is 35.2 Å². The summed E-state index contributed by atoms with van der Waals surface area (Å²) in [5.41, 5.74) is 2.33. The van der Waals surface area contributed by atoms with E-state index in [0.29, 0.717) is 22.8 Å². The molecule has 0 spiro atoms. The number of thiazole rings is 1. The van der Waals surface area contributed by atoms with E-state index in [-0.39, 0.29) is 11.8 Å². The summed E-state index contributed by atoms with van der Waals surface area (Å²) in [5.74, 6) is 0.542. The molecule has 2 aromatic rings. The summed E-state index contributed by atoms with van der Waals surface area (Å²) >= 11 is 3.18. The molecule has 1 aromatic heterocycles. The van der Waals surface area contributed by atoms with Crippen LogP contribution in [-0.4, -0.2) is 40.5 Å². The Labute approximate surface area is 160 Å². The maximum atomic E-state index is 12.6. The molecule has 2 aliphatic heterocycles. The third kappa shape index (κ3) is 3.62. The van der Waals surface area contributed by atoms with Crippen LogP contribution in [0.4, 0.5) is 10.8 Å². The smallest absolute Gasteiger partial charge is 0.257 e. The standard InChI is InChI=1S/C18H20N4O2S2/c1-2-22-7-5-12-15(10-22)26-18(20-12)21-17(24)11-3-4-14-13(9-11)19-16(23)6-8-25-14/h3-4,9H,2,5-8,10H2,1H3,(H,19,23)(H,20,21,24). The highest BCUT2D eigenvalue weighted by atomic mass is 32.2. The molecule has 0 saturated carbocycles. The van der Waals surface area contributed by atoms with Gasteiger partial charge in [-0.1, -0.05) is 6.92 Å². The molecule has 26 heavy (non-hydrogen) atoms. The zero-order chi connectivity index (χ0) is 18.1. The van der Waals surface area contributed by atoms with E-state index in [4.69, 9.17) is 0 Å². The molecule has 0 radical (unpaired) electrons. The van der Waals surface area contributed by atoms with Crippen LogP contribution in [0.15, 0.2) is 23.1 Å². The monoisotopic (exact) mass is 388 g/mol. The number of anilines is 2. The minimum Gasteiger partial charge on any atom is -0.325 e. The third-order valence-electron chi connectivity index (χ3n) is 4.58. The van der Waals surface area contributed by atoms with Crippen molar-refractivity contribution in [1.29, 1.82) is 0 Å². The summed E-state index contributed by atoms with van der Waals surface area (Å²) in [7, 11) is 0. The van der Waals surface area contributed by atoms with Crippen molar-refractivity contribution in [3.8, 4) is 0 Å². The van der Waals surface area contributed by atoms with Gasteiger partial charge in [0.2, 0.25) is 5.91 Å². The molecule has 2 aliphatic rings. The van der Waals surface area contributed by atoms with Crippen molar-refractivity contribution in [2.24, 2.45) is 0 Å². The Kier molecular flexibility index (Phi) is 4.97. The zero-order valence-electron chi connectivity index (χ0n) is 14.5. The van der Waals surface area contributed by atoms with Crippen LogP contribution in [-0.2, 0) is 17.8 Å². The number of aromatic nitrogens is 1. The van der Waals surface area contributed by atoms with Crippen LogP contribution in [0.1, 0.15) is 34.3 Å². The predicted molar refractivity (Wildman–Crippen MR) is 105 cm³/mol. The summed E-state index contributed by atoms with van der Waals surface area (Å²) in [5, 5.41) is 6.43. The average molecular weight is 389 g/mol. The number of carbonyl (C=O) groups excluding carboxylic acids is 2. The molecule has 1 aromatic carbocycles. The topological polar surface area (TPSA) is 74.3 Å². The van der Waals surface area contributed by atoms with Crippen molar-refractivity contribution in [2.45, 2.75) is 31.2 Å². The SMILES string of the molecule is CCN1CCc2nc(NC(=O)c3ccc4c(c3)NC(=O)CCS4)sc2C1. The molecule has 8 heteroatoms. The van der Waals surface area contributed by atoms with Gasteiger partial charge in [0.25, 0.3) is 5.91 Å². The molecular weight excluding hydrogens is 368 g/mol. The molecule has 0 saturated heterocycles. The van der Waals surface area contributed by atoms with Gasteiger partial charge in [-0.3, -0.25) is 19.8 Å². The number of nitrogens with one attached hydrogen (secondary N) is 2. The van der Waals surface area contributed by atoms with E-state index < -0.39 is 0 Å². The first kappa shape index (κ1) is 17.5. The average Bonchev–Trinajstić information content (AvgIpc) is 2.93. The second-order valence-corrected chi connectivity index (χ2v) is 8.54. The Bertz CT molecular complexity index is 865. The van der Waals surface area contributed by atoms with Gasteiger partial charge in [-0.2, -0.15) is 0 Å². The van der Waals surface area contributed by atoms with Crippen LogP contribution in [0, 0.1) is 0 Å². The van der Waals surface area contributed by atoms with Crippen molar-refractivity contribution < 1.29 is 9.59 Å².